The number of aromatic nitrogens is 3. The number of fused-ring (bicyclic) bond motifs is 1. The van der Waals surface area contributed by atoms with E-state index in [1.807, 2.05) is 35.4 Å². The molecule has 1 unspecified atom stereocenters. The Bertz CT molecular complexity index is 1000. The molecule has 1 aromatic carbocycles. The van der Waals surface area contributed by atoms with Crippen LogP contribution in [0, 0.1) is 6.92 Å². The first-order valence-electron chi connectivity index (χ1n) is 10.0. The number of nitrogens with zero attached hydrogens (tertiary/aromatic N) is 3. The highest BCUT2D eigenvalue weighted by molar-refractivity contribution is 5.90. The van der Waals surface area contributed by atoms with Gasteiger partial charge in [-0.1, -0.05) is 23.4 Å². The highest BCUT2D eigenvalue weighted by Crippen LogP contribution is 2.20. The van der Waals surface area contributed by atoms with Crippen molar-refractivity contribution in [1.29, 1.82) is 0 Å². The minimum Gasteiger partial charge on any atom is -0.361 e. The van der Waals surface area contributed by atoms with Crippen molar-refractivity contribution in [2.45, 2.75) is 45.1 Å². The number of likely N-dealkylation sites (tertiary alicyclic amines) is 1. The molecule has 1 aliphatic heterocycles. The van der Waals surface area contributed by atoms with Crippen molar-refractivity contribution in [2.24, 2.45) is 0 Å². The summed E-state index contributed by atoms with van der Waals surface area (Å²) in [7, 11) is 0. The fraction of sp³-hybridized carbons (Fsp3) is 0.429. The zero-order chi connectivity index (χ0) is 20.2. The SMILES string of the molecule is Cc1nc(CC(=O)NC(Cc2c[nH]c3ccccc23)C(=O)N2CCCCC2)no1. The lowest BCUT2D eigenvalue weighted by atomic mass is 10.0. The van der Waals surface area contributed by atoms with Gasteiger partial charge in [-0.2, -0.15) is 4.98 Å². The highest BCUT2D eigenvalue weighted by Gasteiger charge is 2.28. The lowest BCUT2D eigenvalue weighted by Gasteiger charge is -2.30. The molecule has 1 saturated heterocycles. The zero-order valence-electron chi connectivity index (χ0n) is 16.5. The summed E-state index contributed by atoms with van der Waals surface area (Å²) >= 11 is 0. The van der Waals surface area contributed by atoms with Gasteiger partial charge in [0.05, 0.1) is 6.42 Å². The number of amides is 2. The van der Waals surface area contributed by atoms with Crippen molar-refractivity contribution in [3.05, 3.63) is 47.7 Å². The Morgan fingerprint density at radius 3 is 2.79 bits per heavy atom. The minimum absolute atomic E-state index is 0.0188. The number of carbonyl (C=O) groups excluding carboxylic acids is 2. The highest BCUT2D eigenvalue weighted by atomic mass is 16.5. The van der Waals surface area contributed by atoms with Gasteiger partial charge in [0.15, 0.2) is 5.82 Å². The van der Waals surface area contributed by atoms with Gasteiger partial charge in [0.25, 0.3) is 0 Å². The van der Waals surface area contributed by atoms with Gasteiger partial charge >= 0.3 is 0 Å². The molecule has 0 aliphatic carbocycles. The Kier molecular flexibility index (Phi) is 5.59. The van der Waals surface area contributed by atoms with Crippen LogP contribution in [0.2, 0.25) is 0 Å². The Labute approximate surface area is 168 Å². The first-order valence-corrected chi connectivity index (χ1v) is 10.0. The van der Waals surface area contributed by atoms with Crippen LogP contribution in [0.1, 0.15) is 36.5 Å². The molecule has 2 aromatic heterocycles. The standard InChI is InChI=1S/C21H25N5O3/c1-14-23-19(25-29-14)12-20(27)24-18(21(28)26-9-5-2-6-10-26)11-15-13-22-17-8-4-3-7-16(15)17/h3-4,7-8,13,18,22H,2,5-6,9-12H2,1H3,(H,24,27). The van der Waals surface area contributed by atoms with Crippen LogP contribution in [0.25, 0.3) is 10.9 Å². The third-order valence-electron chi connectivity index (χ3n) is 5.29. The molecule has 0 bridgehead atoms. The predicted octanol–water partition coefficient (Wildman–Crippen LogP) is 2.14. The van der Waals surface area contributed by atoms with Crippen molar-refractivity contribution < 1.29 is 14.1 Å². The molecule has 1 atom stereocenters. The van der Waals surface area contributed by atoms with Gasteiger partial charge in [0.2, 0.25) is 17.7 Å². The first kappa shape index (κ1) is 19.2. The van der Waals surface area contributed by atoms with Crippen molar-refractivity contribution in [3.8, 4) is 0 Å². The molecule has 0 spiro atoms. The Balaban J connectivity index is 1.52. The van der Waals surface area contributed by atoms with Gasteiger partial charge in [-0.25, -0.2) is 0 Å². The molecule has 8 heteroatoms. The number of rotatable bonds is 6. The van der Waals surface area contributed by atoms with E-state index in [9.17, 15) is 9.59 Å². The maximum Gasteiger partial charge on any atom is 0.245 e. The maximum atomic E-state index is 13.2. The van der Waals surface area contributed by atoms with Gasteiger partial charge < -0.3 is 19.7 Å². The Morgan fingerprint density at radius 2 is 2.03 bits per heavy atom. The third kappa shape index (κ3) is 4.47. The molecule has 8 nitrogen and oxygen atoms in total. The van der Waals surface area contributed by atoms with Crippen LogP contribution < -0.4 is 5.32 Å². The molecule has 2 N–H and O–H groups in total. The fourth-order valence-corrected chi connectivity index (χ4v) is 3.86. The lowest BCUT2D eigenvalue weighted by molar-refractivity contribution is -0.137. The molecule has 3 aromatic rings. The fourth-order valence-electron chi connectivity index (χ4n) is 3.86. The molecule has 1 fully saturated rings. The van der Waals surface area contributed by atoms with E-state index >= 15 is 0 Å². The number of para-hydroxylation sites is 1. The molecule has 0 saturated carbocycles. The van der Waals surface area contributed by atoms with Crippen molar-refractivity contribution in [2.75, 3.05) is 13.1 Å². The molecule has 4 rings (SSSR count). The number of hydrogen-bond acceptors (Lipinski definition) is 5. The molecule has 3 heterocycles. The summed E-state index contributed by atoms with van der Waals surface area (Å²) < 4.78 is 4.93. The van der Waals surface area contributed by atoms with Crippen LogP contribution in [0.3, 0.4) is 0 Å². The summed E-state index contributed by atoms with van der Waals surface area (Å²) in [6.07, 6.45) is 5.46. The number of hydrogen-bond donors (Lipinski definition) is 2. The van der Waals surface area contributed by atoms with Crippen molar-refractivity contribution in [3.63, 3.8) is 0 Å². The van der Waals surface area contributed by atoms with Crippen LogP contribution in [-0.2, 0) is 22.4 Å². The number of aryl methyl sites for hydroxylation is 1. The smallest absolute Gasteiger partial charge is 0.245 e. The number of H-pyrrole nitrogens is 1. The van der Waals surface area contributed by atoms with E-state index in [-0.39, 0.29) is 18.2 Å². The normalized spacial score (nSPS) is 15.4. The van der Waals surface area contributed by atoms with Crippen LogP contribution in [0.4, 0.5) is 0 Å². The van der Waals surface area contributed by atoms with E-state index < -0.39 is 6.04 Å². The Morgan fingerprint density at radius 1 is 1.24 bits per heavy atom. The topological polar surface area (TPSA) is 104 Å². The van der Waals surface area contributed by atoms with Crippen LogP contribution >= 0.6 is 0 Å². The second-order valence-electron chi connectivity index (χ2n) is 7.48. The summed E-state index contributed by atoms with van der Waals surface area (Å²) in [6.45, 7) is 3.15. The lowest BCUT2D eigenvalue weighted by Crippen LogP contribution is -2.51. The predicted molar refractivity (Wildman–Crippen MR) is 107 cm³/mol. The quantitative estimate of drug-likeness (QED) is 0.665. The molecule has 0 radical (unpaired) electrons. The van der Waals surface area contributed by atoms with Crippen LogP contribution in [0.5, 0.6) is 0 Å². The largest absolute Gasteiger partial charge is 0.361 e. The molecular weight excluding hydrogens is 370 g/mol. The first-order chi connectivity index (χ1) is 14.1. The van der Waals surface area contributed by atoms with Gasteiger partial charge in [-0.3, -0.25) is 9.59 Å². The van der Waals surface area contributed by atoms with E-state index in [1.54, 1.807) is 6.92 Å². The van der Waals surface area contributed by atoms with Gasteiger partial charge in [0.1, 0.15) is 6.04 Å². The van der Waals surface area contributed by atoms with Crippen LogP contribution in [0.15, 0.2) is 35.0 Å². The molecule has 152 valence electrons. The number of piperidine rings is 1. The number of aromatic amines is 1. The zero-order valence-corrected chi connectivity index (χ0v) is 16.5. The second-order valence-corrected chi connectivity index (χ2v) is 7.48. The van der Waals surface area contributed by atoms with Gasteiger partial charge in [-0.05, 0) is 30.9 Å². The van der Waals surface area contributed by atoms with Gasteiger partial charge in [0, 0.05) is 43.5 Å². The molecular formula is C21H25N5O3. The van der Waals surface area contributed by atoms with Crippen LogP contribution in [-0.4, -0.2) is 51.0 Å². The number of carbonyl (C=O) groups is 2. The summed E-state index contributed by atoms with van der Waals surface area (Å²) in [6, 6.07) is 7.32. The summed E-state index contributed by atoms with van der Waals surface area (Å²) in [4.78, 5) is 35.0. The summed E-state index contributed by atoms with van der Waals surface area (Å²) in [5, 5.41) is 7.74. The maximum absolute atomic E-state index is 13.2. The van der Waals surface area contributed by atoms with E-state index in [0.717, 1.165) is 48.8 Å². The number of benzene rings is 1. The second kappa shape index (κ2) is 8.46. The average molecular weight is 395 g/mol. The van der Waals surface area contributed by atoms with E-state index in [4.69, 9.17) is 4.52 Å². The van der Waals surface area contributed by atoms with Gasteiger partial charge in [-0.15, -0.1) is 0 Å². The van der Waals surface area contributed by atoms with E-state index in [0.29, 0.717) is 18.1 Å². The minimum atomic E-state index is -0.632. The molecule has 2 amide bonds. The summed E-state index contributed by atoms with van der Waals surface area (Å²) in [5.74, 6) is 0.400. The monoisotopic (exact) mass is 395 g/mol. The average Bonchev–Trinajstić information content (AvgIpc) is 3.33. The van der Waals surface area contributed by atoms with Crippen molar-refractivity contribution >= 4 is 22.7 Å². The Hall–Kier alpha value is -3.16. The number of nitrogens with one attached hydrogen (secondary N) is 2. The third-order valence-corrected chi connectivity index (χ3v) is 5.29. The molecule has 1 aliphatic rings. The summed E-state index contributed by atoms with van der Waals surface area (Å²) in [5.41, 5.74) is 2.02. The van der Waals surface area contributed by atoms with E-state index in [1.165, 1.54) is 0 Å². The van der Waals surface area contributed by atoms with Crippen molar-refractivity contribution in [1.82, 2.24) is 25.3 Å². The molecule has 29 heavy (non-hydrogen) atoms. The van der Waals surface area contributed by atoms with E-state index in [2.05, 4.69) is 20.4 Å².